The maximum Gasteiger partial charge on any atom is 0.259 e. The van der Waals surface area contributed by atoms with Gasteiger partial charge >= 0.3 is 0 Å². The van der Waals surface area contributed by atoms with Gasteiger partial charge in [0.2, 0.25) is 0 Å². The molecule has 122 valence electrons. The standard InChI is InChI=1S/C15H19F2NO4/c1-18(11-7-22-8-12(20-2)14(11)21-3)15(19)13-9(16)5-4-6-10(13)17/h4-6,11-12,14H,7-8H2,1-3H3/t11-,12-,14+/m1/s1. The summed E-state index contributed by atoms with van der Waals surface area (Å²) in [7, 11) is 4.48. The second-order valence-corrected chi connectivity index (χ2v) is 5.09. The van der Waals surface area contributed by atoms with Gasteiger partial charge in [0.05, 0.1) is 19.3 Å². The highest BCUT2D eigenvalue weighted by molar-refractivity contribution is 5.94. The molecule has 0 bridgehead atoms. The van der Waals surface area contributed by atoms with Crippen LogP contribution in [-0.2, 0) is 14.2 Å². The lowest BCUT2D eigenvalue weighted by Crippen LogP contribution is -2.57. The molecule has 0 N–H and O–H groups in total. The minimum absolute atomic E-state index is 0.205. The SMILES string of the molecule is CO[C@H]1[C@H](N(C)C(=O)c2c(F)cccc2F)COC[C@H]1OC. The molecular formula is C15H19F2NO4. The van der Waals surface area contributed by atoms with Crippen LogP contribution in [0.3, 0.4) is 0 Å². The maximum absolute atomic E-state index is 13.8. The van der Waals surface area contributed by atoms with Crippen molar-refractivity contribution < 1.29 is 27.8 Å². The van der Waals surface area contributed by atoms with Crippen molar-refractivity contribution in [3.05, 3.63) is 35.4 Å². The number of hydrogen-bond acceptors (Lipinski definition) is 4. The molecule has 1 saturated heterocycles. The van der Waals surface area contributed by atoms with Gasteiger partial charge in [0, 0.05) is 21.3 Å². The molecule has 0 radical (unpaired) electrons. The molecule has 1 fully saturated rings. The summed E-state index contributed by atoms with van der Waals surface area (Å²) in [5.41, 5.74) is -0.584. The Bertz CT molecular complexity index is 520. The maximum atomic E-state index is 13.8. The summed E-state index contributed by atoms with van der Waals surface area (Å²) in [4.78, 5) is 13.7. The number of carbonyl (C=O) groups excluding carboxylic acids is 1. The van der Waals surface area contributed by atoms with Crippen LogP contribution in [0.15, 0.2) is 18.2 Å². The fourth-order valence-corrected chi connectivity index (χ4v) is 2.61. The molecule has 0 aliphatic carbocycles. The molecule has 1 aromatic rings. The summed E-state index contributed by atoms with van der Waals surface area (Å²) in [6.07, 6.45) is -0.799. The van der Waals surface area contributed by atoms with Crippen molar-refractivity contribution in [2.45, 2.75) is 18.2 Å². The zero-order chi connectivity index (χ0) is 16.3. The van der Waals surface area contributed by atoms with Gasteiger partial charge in [-0.25, -0.2) is 8.78 Å². The number of likely N-dealkylation sites (N-methyl/N-ethyl adjacent to an activating group) is 1. The Morgan fingerprint density at radius 1 is 1.23 bits per heavy atom. The predicted octanol–water partition coefficient (Wildman–Crippen LogP) is 1.47. The molecule has 0 spiro atoms. The number of hydrogen-bond donors (Lipinski definition) is 0. The van der Waals surface area contributed by atoms with Crippen LogP contribution in [0.2, 0.25) is 0 Å². The number of halogens is 2. The first-order chi connectivity index (χ1) is 10.5. The highest BCUT2D eigenvalue weighted by atomic mass is 19.1. The van der Waals surface area contributed by atoms with Crippen molar-refractivity contribution in [3.63, 3.8) is 0 Å². The average Bonchev–Trinajstić information content (AvgIpc) is 2.52. The second kappa shape index (κ2) is 7.13. The summed E-state index contributed by atoms with van der Waals surface area (Å²) >= 11 is 0. The summed E-state index contributed by atoms with van der Waals surface area (Å²) < 4.78 is 43.6. The normalized spacial score (nSPS) is 25.0. The molecule has 1 aliphatic rings. The van der Waals surface area contributed by atoms with Crippen molar-refractivity contribution in [1.82, 2.24) is 4.90 Å². The number of nitrogens with zero attached hydrogens (tertiary/aromatic N) is 1. The summed E-state index contributed by atoms with van der Waals surface area (Å²) in [6, 6.07) is 2.81. The van der Waals surface area contributed by atoms with Crippen LogP contribution in [0.1, 0.15) is 10.4 Å². The lowest BCUT2D eigenvalue weighted by molar-refractivity contribution is -0.147. The number of methoxy groups -OCH3 is 2. The van der Waals surface area contributed by atoms with Crippen LogP contribution in [-0.4, -0.2) is 63.5 Å². The van der Waals surface area contributed by atoms with Gasteiger partial charge in [-0.1, -0.05) is 6.07 Å². The Hall–Kier alpha value is -1.57. The highest BCUT2D eigenvalue weighted by Crippen LogP contribution is 2.22. The molecule has 7 heteroatoms. The van der Waals surface area contributed by atoms with E-state index in [0.717, 1.165) is 12.1 Å². The molecule has 0 aromatic heterocycles. The molecule has 3 atom stereocenters. The van der Waals surface area contributed by atoms with Gasteiger partial charge in [0.25, 0.3) is 5.91 Å². The van der Waals surface area contributed by atoms with E-state index in [9.17, 15) is 13.6 Å². The minimum Gasteiger partial charge on any atom is -0.376 e. The third kappa shape index (κ3) is 3.11. The van der Waals surface area contributed by atoms with Crippen LogP contribution >= 0.6 is 0 Å². The molecule has 5 nitrogen and oxygen atoms in total. The van der Waals surface area contributed by atoms with E-state index in [0.29, 0.717) is 6.61 Å². The molecular weight excluding hydrogens is 296 g/mol. The fourth-order valence-electron chi connectivity index (χ4n) is 2.61. The topological polar surface area (TPSA) is 48.0 Å². The van der Waals surface area contributed by atoms with E-state index < -0.39 is 35.3 Å². The van der Waals surface area contributed by atoms with Crippen LogP contribution in [0.25, 0.3) is 0 Å². The van der Waals surface area contributed by atoms with Crippen molar-refractivity contribution in [1.29, 1.82) is 0 Å². The zero-order valence-corrected chi connectivity index (χ0v) is 12.7. The second-order valence-electron chi connectivity index (χ2n) is 5.09. The van der Waals surface area contributed by atoms with Gasteiger partial charge < -0.3 is 19.1 Å². The van der Waals surface area contributed by atoms with Crippen LogP contribution in [0, 0.1) is 11.6 Å². The monoisotopic (exact) mass is 315 g/mol. The van der Waals surface area contributed by atoms with Crippen molar-refractivity contribution in [3.8, 4) is 0 Å². The van der Waals surface area contributed by atoms with Gasteiger partial charge in [0.15, 0.2) is 0 Å². The van der Waals surface area contributed by atoms with Crippen molar-refractivity contribution in [2.75, 3.05) is 34.5 Å². The quantitative estimate of drug-likeness (QED) is 0.844. The smallest absolute Gasteiger partial charge is 0.259 e. The fraction of sp³-hybridized carbons (Fsp3) is 0.533. The molecule has 2 rings (SSSR count). The highest BCUT2D eigenvalue weighted by Gasteiger charge is 2.39. The zero-order valence-electron chi connectivity index (χ0n) is 12.7. The summed E-state index contributed by atoms with van der Waals surface area (Å²) in [5.74, 6) is -2.56. The Balaban J connectivity index is 2.26. The van der Waals surface area contributed by atoms with Crippen LogP contribution < -0.4 is 0 Å². The molecule has 1 aliphatic heterocycles. The van der Waals surface area contributed by atoms with Gasteiger partial charge in [-0.15, -0.1) is 0 Å². The van der Waals surface area contributed by atoms with E-state index in [4.69, 9.17) is 14.2 Å². The summed E-state index contributed by atoms with van der Waals surface area (Å²) in [5, 5.41) is 0. The molecule has 1 heterocycles. The largest absolute Gasteiger partial charge is 0.376 e. The first-order valence-electron chi connectivity index (χ1n) is 6.85. The average molecular weight is 315 g/mol. The van der Waals surface area contributed by atoms with E-state index in [2.05, 4.69) is 0 Å². The van der Waals surface area contributed by atoms with Crippen molar-refractivity contribution in [2.24, 2.45) is 0 Å². The van der Waals surface area contributed by atoms with Crippen LogP contribution in [0.5, 0.6) is 0 Å². The van der Waals surface area contributed by atoms with Gasteiger partial charge in [0.1, 0.15) is 29.4 Å². The Morgan fingerprint density at radius 2 is 1.86 bits per heavy atom. The third-order valence-corrected chi connectivity index (χ3v) is 3.89. The first-order valence-corrected chi connectivity index (χ1v) is 6.85. The third-order valence-electron chi connectivity index (χ3n) is 3.89. The van der Waals surface area contributed by atoms with E-state index in [1.165, 1.54) is 32.2 Å². The number of carbonyl (C=O) groups is 1. The van der Waals surface area contributed by atoms with E-state index in [1.807, 2.05) is 0 Å². The molecule has 1 amide bonds. The number of amides is 1. The van der Waals surface area contributed by atoms with Gasteiger partial charge in [-0.05, 0) is 12.1 Å². The molecule has 0 unspecified atom stereocenters. The molecule has 22 heavy (non-hydrogen) atoms. The first kappa shape index (κ1) is 16.8. The summed E-state index contributed by atoms with van der Waals surface area (Å²) in [6.45, 7) is 0.540. The lowest BCUT2D eigenvalue weighted by Gasteiger charge is -2.40. The van der Waals surface area contributed by atoms with Gasteiger partial charge in [-0.2, -0.15) is 0 Å². The predicted molar refractivity (Wildman–Crippen MR) is 74.7 cm³/mol. The number of rotatable bonds is 4. The molecule has 0 saturated carbocycles. The van der Waals surface area contributed by atoms with Gasteiger partial charge in [-0.3, -0.25) is 4.79 Å². The van der Waals surface area contributed by atoms with E-state index in [1.54, 1.807) is 0 Å². The van der Waals surface area contributed by atoms with E-state index >= 15 is 0 Å². The Morgan fingerprint density at radius 3 is 2.41 bits per heavy atom. The van der Waals surface area contributed by atoms with Crippen molar-refractivity contribution >= 4 is 5.91 Å². The molecule has 1 aromatic carbocycles. The number of benzene rings is 1. The van der Waals surface area contributed by atoms with Crippen LogP contribution in [0.4, 0.5) is 8.78 Å². The Kier molecular flexibility index (Phi) is 5.44. The number of ether oxygens (including phenoxy) is 3. The minimum atomic E-state index is -0.897. The Labute approximate surface area is 127 Å². The van der Waals surface area contributed by atoms with E-state index in [-0.39, 0.29) is 12.7 Å². The lowest BCUT2D eigenvalue weighted by atomic mass is 10.0.